The maximum Gasteiger partial charge on any atom is 2.00 e. The fourth-order valence-electron chi connectivity index (χ4n) is 5.25. The van der Waals surface area contributed by atoms with Gasteiger partial charge in [-0.1, -0.05) is 114 Å². The first-order valence-corrected chi connectivity index (χ1v) is 14.3. The summed E-state index contributed by atoms with van der Waals surface area (Å²) in [4.78, 5) is 11.6. The van der Waals surface area contributed by atoms with Crippen LogP contribution in [0, 0.1) is 12.1 Å². The van der Waals surface area contributed by atoms with E-state index in [0.717, 1.165) is 61.8 Å². The first kappa shape index (κ1) is 29.0. The van der Waals surface area contributed by atoms with Crippen molar-refractivity contribution in [1.82, 2.24) is 9.97 Å². The van der Waals surface area contributed by atoms with E-state index in [0.29, 0.717) is 0 Å². The molecule has 0 unspecified atom stereocenters. The average molecular weight is 745 g/mol. The molecule has 0 fully saturated rings. The topological polar surface area (TPSA) is 29.0 Å². The Balaban J connectivity index is 0.00000343. The van der Waals surface area contributed by atoms with Crippen molar-refractivity contribution in [3.8, 4) is 44.8 Å². The van der Waals surface area contributed by atoms with E-state index in [1.165, 1.54) is 0 Å². The van der Waals surface area contributed by atoms with Gasteiger partial charge in [0.05, 0.1) is 0 Å². The molecule has 212 valence electrons. The predicted octanol–water partition coefficient (Wildman–Crippen LogP) is 10.2. The maximum atomic E-state index is 4.67. The molecule has 4 heteroatoms. The summed E-state index contributed by atoms with van der Waals surface area (Å²) in [5.41, 5.74) is 10.8. The van der Waals surface area contributed by atoms with E-state index >= 15 is 0 Å². The first-order chi connectivity index (χ1) is 21.3. The van der Waals surface area contributed by atoms with E-state index in [2.05, 4.69) is 124 Å². The van der Waals surface area contributed by atoms with Crippen LogP contribution in [0.5, 0.6) is 0 Å². The third-order valence-electron chi connectivity index (χ3n) is 7.30. The molecule has 3 nitrogen and oxygen atoms in total. The molecule has 5 aromatic carbocycles. The molecule has 0 saturated carbocycles. The van der Waals surface area contributed by atoms with Crippen molar-refractivity contribution >= 4 is 17.1 Å². The summed E-state index contributed by atoms with van der Waals surface area (Å²) < 4.78 is 0. The molecular weight excluding hydrogens is 718 g/mol. The Bertz CT molecular complexity index is 1710. The number of pyridine rings is 2. The minimum Gasteiger partial charge on any atom is -0.346 e. The van der Waals surface area contributed by atoms with E-state index in [1.54, 1.807) is 0 Å². The van der Waals surface area contributed by atoms with E-state index in [9.17, 15) is 0 Å². The molecule has 0 bridgehead atoms. The Hall–Kier alpha value is -5.11. The molecule has 44 heavy (non-hydrogen) atoms. The zero-order chi connectivity index (χ0) is 28.8. The molecule has 7 aromatic rings. The van der Waals surface area contributed by atoms with Crippen LogP contribution in [-0.2, 0) is 21.1 Å². The zero-order valence-electron chi connectivity index (χ0n) is 23.7. The van der Waals surface area contributed by atoms with Crippen LogP contribution in [0.15, 0.2) is 164 Å². The molecule has 0 aliphatic heterocycles. The second-order valence-electron chi connectivity index (χ2n) is 10.2. The number of anilines is 3. The quantitative estimate of drug-likeness (QED) is 0.152. The van der Waals surface area contributed by atoms with Crippen LogP contribution >= 0.6 is 0 Å². The van der Waals surface area contributed by atoms with E-state index < -0.39 is 0 Å². The summed E-state index contributed by atoms with van der Waals surface area (Å²) in [6.07, 6.45) is 3.65. The molecule has 0 atom stereocenters. The molecule has 0 N–H and O–H groups in total. The largest absolute Gasteiger partial charge is 2.00 e. The summed E-state index contributed by atoms with van der Waals surface area (Å²) in [5.74, 6) is 0. The minimum absolute atomic E-state index is 0. The number of nitrogens with zero attached hydrogens (tertiary/aromatic N) is 3. The van der Waals surface area contributed by atoms with E-state index in [-0.39, 0.29) is 21.1 Å². The van der Waals surface area contributed by atoms with Crippen molar-refractivity contribution in [1.29, 1.82) is 0 Å². The normalized spacial score (nSPS) is 10.5. The molecule has 0 aliphatic rings. The van der Waals surface area contributed by atoms with Gasteiger partial charge in [0.25, 0.3) is 0 Å². The van der Waals surface area contributed by atoms with Gasteiger partial charge in [-0.3, -0.25) is 0 Å². The van der Waals surface area contributed by atoms with E-state index in [1.807, 2.05) is 67.0 Å². The van der Waals surface area contributed by atoms with Gasteiger partial charge in [-0.25, -0.2) is 0 Å². The van der Waals surface area contributed by atoms with Crippen LogP contribution in [0.25, 0.3) is 44.8 Å². The summed E-state index contributed by atoms with van der Waals surface area (Å²) in [6, 6.07) is 59.4. The molecular formula is C40H27N3Pt. The van der Waals surface area contributed by atoms with Gasteiger partial charge >= 0.3 is 21.1 Å². The predicted molar refractivity (Wildman–Crippen MR) is 176 cm³/mol. The SMILES string of the molecule is [Pt+2].[c-]1c(-c2ccccn2)cc(-c2ccccc2)cc1N(c1[c-]c(-c2ccccn2)cc(-c2ccccc2)c1)c1ccccc1. The van der Waals surface area contributed by atoms with Crippen molar-refractivity contribution in [2.45, 2.75) is 0 Å². The Morgan fingerprint density at radius 3 is 1.23 bits per heavy atom. The van der Waals surface area contributed by atoms with Gasteiger partial charge in [0.2, 0.25) is 0 Å². The van der Waals surface area contributed by atoms with Crippen molar-refractivity contribution in [2.75, 3.05) is 4.90 Å². The standard InChI is InChI=1S/C40H27N3.Pt/c1-4-14-30(15-5-1)32-24-34(39-20-10-12-22-41-39)28-37(26-32)43(36-18-8-3-9-19-36)38-27-33(31-16-6-2-7-17-31)25-35(29-38)40-21-11-13-23-42-40;/h1-27H;/q-2;+2. The zero-order valence-corrected chi connectivity index (χ0v) is 26.0. The summed E-state index contributed by atoms with van der Waals surface area (Å²) >= 11 is 0. The van der Waals surface area contributed by atoms with Crippen LogP contribution in [0.1, 0.15) is 0 Å². The first-order valence-electron chi connectivity index (χ1n) is 14.3. The molecule has 0 saturated heterocycles. The Morgan fingerprint density at radius 2 is 0.818 bits per heavy atom. The number of benzene rings is 5. The summed E-state index contributed by atoms with van der Waals surface area (Å²) in [6.45, 7) is 0. The molecule has 2 aromatic heterocycles. The van der Waals surface area contributed by atoms with Crippen LogP contribution in [0.3, 0.4) is 0 Å². The Labute approximate surface area is 272 Å². The molecule has 7 rings (SSSR count). The monoisotopic (exact) mass is 744 g/mol. The second-order valence-corrected chi connectivity index (χ2v) is 10.2. The third-order valence-corrected chi connectivity index (χ3v) is 7.30. The summed E-state index contributed by atoms with van der Waals surface area (Å²) in [5, 5.41) is 0. The number of aromatic nitrogens is 2. The smallest absolute Gasteiger partial charge is 0.346 e. The molecule has 0 radical (unpaired) electrons. The van der Waals surface area contributed by atoms with Gasteiger partial charge in [0, 0.05) is 18.1 Å². The number of hydrogen-bond donors (Lipinski definition) is 0. The van der Waals surface area contributed by atoms with Crippen LogP contribution < -0.4 is 4.90 Å². The van der Waals surface area contributed by atoms with Gasteiger partial charge in [-0.15, -0.1) is 47.5 Å². The van der Waals surface area contributed by atoms with Crippen LogP contribution in [0.2, 0.25) is 0 Å². The van der Waals surface area contributed by atoms with Crippen LogP contribution in [-0.4, -0.2) is 9.97 Å². The second kappa shape index (κ2) is 13.5. The number of hydrogen-bond acceptors (Lipinski definition) is 3. The fourth-order valence-corrected chi connectivity index (χ4v) is 5.25. The van der Waals surface area contributed by atoms with Gasteiger partial charge in [0.15, 0.2) is 0 Å². The van der Waals surface area contributed by atoms with Gasteiger partial charge in [0.1, 0.15) is 0 Å². The van der Waals surface area contributed by atoms with Crippen LogP contribution in [0.4, 0.5) is 17.1 Å². The average Bonchev–Trinajstić information content (AvgIpc) is 3.10. The molecule has 0 amide bonds. The van der Waals surface area contributed by atoms with Gasteiger partial charge < -0.3 is 14.9 Å². The molecule has 0 aliphatic carbocycles. The Kier molecular flexibility index (Phi) is 8.87. The Morgan fingerprint density at radius 1 is 0.409 bits per heavy atom. The fraction of sp³-hybridized carbons (Fsp3) is 0. The number of para-hydroxylation sites is 1. The van der Waals surface area contributed by atoms with Crippen molar-refractivity contribution in [3.63, 3.8) is 0 Å². The van der Waals surface area contributed by atoms with E-state index in [4.69, 9.17) is 0 Å². The van der Waals surface area contributed by atoms with Gasteiger partial charge in [-0.2, -0.15) is 0 Å². The molecule has 0 spiro atoms. The molecule has 2 heterocycles. The third kappa shape index (κ3) is 6.29. The number of rotatable bonds is 7. The van der Waals surface area contributed by atoms with Gasteiger partial charge in [-0.05, 0) is 58.2 Å². The van der Waals surface area contributed by atoms with Crippen molar-refractivity contribution < 1.29 is 21.1 Å². The summed E-state index contributed by atoms with van der Waals surface area (Å²) in [7, 11) is 0. The maximum absolute atomic E-state index is 4.67. The van der Waals surface area contributed by atoms with Crippen molar-refractivity contribution in [2.24, 2.45) is 0 Å². The van der Waals surface area contributed by atoms with Crippen molar-refractivity contribution in [3.05, 3.63) is 176 Å². The minimum atomic E-state index is 0.